The van der Waals surface area contributed by atoms with E-state index >= 15 is 0 Å². The molecule has 0 aromatic heterocycles. The highest BCUT2D eigenvalue weighted by atomic mass is 35.5. The second kappa shape index (κ2) is 7.92. The van der Waals surface area contributed by atoms with Crippen molar-refractivity contribution in [1.82, 2.24) is 0 Å². The Morgan fingerprint density at radius 2 is 1.77 bits per heavy atom. The van der Waals surface area contributed by atoms with Crippen LogP contribution in [0.2, 0.25) is 10.0 Å². The first kappa shape index (κ1) is 17.8. The summed E-state index contributed by atoms with van der Waals surface area (Å²) in [6, 6.07) is 20.3. The van der Waals surface area contributed by atoms with Crippen molar-refractivity contribution in [2.75, 3.05) is 10.6 Å². The summed E-state index contributed by atoms with van der Waals surface area (Å²) in [4.78, 5) is 12.3. The molecule has 2 N–H and O–H groups in total. The van der Waals surface area contributed by atoms with Crippen molar-refractivity contribution in [2.45, 2.75) is 0 Å². The quantitative estimate of drug-likeness (QED) is 0.456. The number of carbonyl (C=O) groups excluding carboxylic acids is 1. The molecule has 0 saturated heterocycles. The minimum absolute atomic E-state index is 0.0887. The minimum atomic E-state index is -0.579. The van der Waals surface area contributed by atoms with Gasteiger partial charge in [0.1, 0.15) is 11.6 Å². The number of benzene rings is 3. The van der Waals surface area contributed by atoms with E-state index in [9.17, 15) is 10.1 Å². The lowest BCUT2D eigenvalue weighted by Crippen LogP contribution is -2.14. The standard InChI is InChI=1S/C20H13Cl2N3O/c21-16-6-8-18(22)19(10-16)25-20(26)15(11-23)12-24-17-7-5-13-3-1-2-4-14(13)9-17/h1-10,12,24H,(H,25,26)/b15-12-. The highest BCUT2D eigenvalue weighted by Crippen LogP contribution is 2.26. The fraction of sp³-hybridized carbons (Fsp3) is 0. The first-order chi connectivity index (χ1) is 12.6. The molecule has 0 aliphatic carbocycles. The molecule has 0 radical (unpaired) electrons. The molecule has 26 heavy (non-hydrogen) atoms. The number of nitrogens with one attached hydrogen (secondary N) is 2. The lowest BCUT2D eigenvalue weighted by Gasteiger charge is -2.08. The van der Waals surface area contributed by atoms with Gasteiger partial charge in [-0.2, -0.15) is 5.26 Å². The topological polar surface area (TPSA) is 64.9 Å². The van der Waals surface area contributed by atoms with Gasteiger partial charge in [0.25, 0.3) is 5.91 Å². The third kappa shape index (κ3) is 4.15. The average Bonchev–Trinajstić information content (AvgIpc) is 2.65. The molecule has 128 valence electrons. The van der Waals surface area contributed by atoms with E-state index in [2.05, 4.69) is 10.6 Å². The Hall–Kier alpha value is -3.00. The van der Waals surface area contributed by atoms with Crippen LogP contribution >= 0.6 is 23.2 Å². The van der Waals surface area contributed by atoms with Crippen molar-refractivity contribution >= 4 is 51.3 Å². The van der Waals surface area contributed by atoms with E-state index in [0.717, 1.165) is 16.5 Å². The van der Waals surface area contributed by atoms with Gasteiger partial charge in [-0.1, -0.05) is 53.5 Å². The van der Waals surface area contributed by atoms with Gasteiger partial charge >= 0.3 is 0 Å². The second-order valence-electron chi connectivity index (χ2n) is 5.45. The summed E-state index contributed by atoms with van der Waals surface area (Å²) >= 11 is 11.9. The molecule has 0 bridgehead atoms. The second-order valence-corrected chi connectivity index (χ2v) is 6.30. The maximum Gasteiger partial charge on any atom is 0.267 e. The summed E-state index contributed by atoms with van der Waals surface area (Å²) in [7, 11) is 0. The highest BCUT2D eigenvalue weighted by molar-refractivity contribution is 6.36. The number of nitrogens with zero attached hydrogens (tertiary/aromatic N) is 1. The maximum absolute atomic E-state index is 12.3. The van der Waals surface area contributed by atoms with Gasteiger partial charge < -0.3 is 10.6 Å². The van der Waals surface area contributed by atoms with Gasteiger partial charge in [-0.3, -0.25) is 4.79 Å². The highest BCUT2D eigenvalue weighted by Gasteiger charge is 2.11. The SMILES string of the molecule is N#C/C(=C/Nc1ccc2ccccc2c1)C(=O)Nc1cc(Cl)ccc1Cl. The van der Waals surface area contributed by atoms with Crippen molar-refractivity contribution in [1.29, 1.82) is 5.26 Å². The predicted molar refractivity (Wildman–Crippen MR) is 106 cm³/mol. The van der Waals surface area contributed by atoms with E-state index in [1.807, 2.05) is 48.5 Å². The van der Waals surface area contributed by atoms with Gasteiger partial charge in [0.15, 0.2) is 0 Å². The molecule has 0 fully saturated rings. The Morgan fingerprint density at radius 3 is 2.54 bits per heavy atom. The number of halogens is 2. The zero-order valence-corrected chi connectivity index (χ0v) is 15.0. The van der Waals surface area contributed by atoms with Crippen LogP contribution in [-0.2, 0) is 4.79 Å². The number of fused-ring (bicyclic) bond motifs is 1. The van der Waals surface area contributed by atoms with Crippen molar-refractivity contribution in [2.24, 2.45) is 0 Å². The molecule has 0 aliphatic heterocycles. The van der Waals surface area contributed by atoms with Gasteiger partial charge in [0.2, 0.25) is 0 Å². The summed E-state index contributed by atoms with van der Waals surface area (Å²) in [5, 5.41) is 17.8. The number of amides is 1. The number of hydrogen-bond acceptors (Lipinski definition) is 3. The number of hydrogen-bond donors (Lipinski definition) is 2. The van der Waals surface area contributed by atoms with Crippen LogP contribution in [0.1, 0.15) is 0 Å². The van der Waals surface area contributed by atoms with E-state index in [-0.39, 0.29) is 5.57 Å². The Labute approximate surface area is 160 Å². The van der Waals surface area contributed by atoms with E-state index in [1.54, 1.807) is 12.1 Å². The van der Waals surface area contributed by atoms with Crippen LogP contribution in [-0.4, -0.2) is 5.91 Å². The van der Waals surface area contributed by atoms with Crippen LogP contribution in [0.3, 0.4) is 0 Å². The molecule has 0 heterocycles. The van der Waals surface area contributed by atoms with E-state index < -0.39 is 5.91 Å². The Balaban J connectivity index is 1.77. The third-order valence-electron chi connectivity index (χ3n) is 3.67. The fourth-order valence-corrected chi connectivity index (χ4v) is 2.70. The molecule has 3 aromatic carbocycles. The van der Waals surface area contributed by atoms with Crippen LogP contribution in [0.25, 0.3) is 10.8 Å². The number of anilines is 2. The van der Waals surface area contributed by atoms with Crippen molar-refractivity contribution in [3.63, 3.8) is 0 Å². The van der Waals surface area contributed by atoms with Gasteiger partial charge in [-0.05, 0) is 41.1 Å². The van der Waals surface area contributed by atoms with Crippen LogP contribution in [0.5, 0.6) is 0 Å². The van der Waals surface area contributed by atoms with Crippen LogP contribution < -0.4 is 10.6 Å². The zero-order valence-electron chi connectivity index (χ0n) is 13.5. The van der Waals surface area contributed by atoms with Gasteiger partial charge in [-0.25, -0.2) is 0 Å². The van der Waals surface area contributed by atoms with Gasteiger partial charge in [0.05, 0.1) is 10.7 Å². The molecular weight excluding hydrogens is 369 g/mol. The maximum atomic E-state index is 12.3. The Bertz CT molecular complexity index is 1050. The third-order valence-corrected chi connectivity index (χ3v) is 4.24. The molecule has 0 aliphatic rings. The van der Waals surface area contributed by atoms with E-state index in [0.29, 0.717) is 15.7 Å². The summed E-state index contributed by atoms with van der Waals surface area (Å²) < 4.78 is 0. The molecular formula is C20H13Cl2N3O. The predicted octanol–water partition coefficient (Wildman–Crippen LogP) is 5.60. The molecule has 3 rings (SSSR count). The molecule has 6 heteroatoms. The fourth-order valence-electron chi connectivity index (χ4n) is 2.37. The van der Waals surface area contributed by atoms with Crippen molar-refractivity contribution in [3.8, 4) is 6.07 Å². The number of nitriles is 1. The van der Waals surface area contributed by atoms with Crippen LogP contribution in [0, 0.1) is 11.3 Å². The van der Waals surface area contributed by atoms with Crippen molar-refractivity contribution in [3.05, 3.63) is 82.5 Å². The van der Waals surface area contributed by atoms with Crippen molar-refractivity contribution < 1.29 is 4.79 Å². The van der Waals surface area contributed by atoms with Crippen LogP contribution in [0.4, 0.5) is 11.4 Å². The summed E-state index contributed by atoms with van der Waals surface area (Å²) in [5.74, 6) is -0.579. The summed E-state index contributed by atoms with van der Waals surface area (Å²) in [6.07, 6.45) is 1.36. The molecule has 1 amide bonds. The molecule has 0 saturated carbocycles. The number of rotatable bonds is 4. The number of carbonyl (C=O) groups is 1. The molecule has 4 nitrogen and oxygen atoms in total. The van der Waals surface area contributed by atoms with Gasteiger partial charge in [-0.15, -0.1) is 0 Å². The van der Waals surface area contributed by atoms with E-state index in [1.165, 1.54) is 12.3 Å². The monoisotopic (exact) mass is 381 g/mol. The first-order valence-electron chi connectivity index (χ1n) is 7.69. The zero-order chi connectivity index (χ0) is 18.5. The van der Waals surface area contributed by atoms with Crippen LogP contribution in [0.15, 0.2) is 72.4 Å². The summed E-state index contributed by atoms with van der Waals surface area (Å²) in [5.41, 5.74) is 1.02. The Kier molecular flexibility index (Phi) is 5.43. The summed E-state index contributed by atoms with van der Waals surface area (Å²) in [6.45, 7) is 0. The Morgan fingerprint density at radius 1 is 1.00 bits per heavy atom. The average molecular weight is 382 g/mol. The smallest absolute Gasteiger partial charge is 0.267 e. The lowest BCUT2D eigenvalue weighted by atomic mass is 10.1. The van der Waals surface area contributed by atoms with E-state index in [4.69, 9.17) is 23.2 Å². The molecule has 0 unspecified atom stereocenters. The largest absolute Gasteiger partial charge is 0.360 e. The normalized spacial score (nSPS) is 11.0. The molecule has 0 atom stereocenters. The lowest BCUT2D eigenvalue weighted by molar-refractivity contribution is -0.112. The molecule has 0 spiro atoms. The van der Waals surface area contributed by atoms with Gasteiger partial charge in [0, 0.05) is 16.9 Å². The first-order valence-corrected chi connectivity index (χ1v) is 8.44. The minimum Gasteiger partial charge on any atom is -0.360 e. The molecule has 3 aromatic rings.